The second kappa shape index (κ2) is 10.1. The third-order valence-corrected chi connectivity index (χ3v) is 6.22. The summed E-state index contributed by atoms with van der Waals surface area (Å²) in [6, 6.07) is 7.66. The van der Waals surface area contributed by atoms with Crippen molar-refractivity contribution in [3.8, 4) is 0 Å². The summed E-state index contributed by atoms with van der Waals surface area (Å²) < 4.78 is 4.94. The van der Waals surface area contributed by atoms with Crippen LogP contribution in [0.25, 0.3) is 0 Å². The van der Waals surface area contributed by atoms with Crippen LogP contribution in [-0.2, 0) is 22.4 Å². The molecule has 1 N–H and O–H groups in total. The van der Waals surface area contributed by atoms with Gasteiger partial charge in [-0.3, -0.25) is 19.3 Å². The molecule has 0 unspecified atom stereocenters. The van der Waals surface area contributed by atoms with Gasteiger partial charge in [0.2, 0.25) is 11.8 Å². The van der Waals surface area contributed by atoms with Crippen LogP contribution < -0.4 is 5.32 Å². The number of nitrogens with one attached hydrogen (secondary N) is 1. The first-order chi connectivity index (χ1) is 15.5. The van der Waals surface area contributed by atoms with Gasteiger partial charge in [0.1, 0.15) is 5.76 Å². The van der Waals surface area contributed by atoms with Gasteiger partial charge in [-0.25, -0.2) is 0 Å². The van der Waals surface area contributed by atoms with Crippen molar-refractivity contribution in [2.45, 2.75) is 45.4 Å². The fourth-order valence-electron chi connectivity index (χ4n) is 4.40. The average molecular weight is 439 g/mol. The van der Waals surface area contributed by atoms with E-state index in [2.05, 4.69) is 16.5 Å². The number of ketones is 1. The minimum absolute atomic E-state index is 0.00140. The highest BCUT2D eigenvalue weighted by Crippen LogP contribution is 2.23. The van der Waals surface area contributed by atoms with Crippen LogP contribution in [-0.4, -0.2) is 65.3 Å². The van der Waals surface area contributed by atoms with E-state index in [0.717, 1.165) is 18.4 Å². The Hall–Kier alpha value is -3.00. The standard InChI is InChI=1S/C24H30N4O4/c1-17-14-22(26-32-17)25-23(30)16-27-10-12-28(13-11-27)24(31)9-8-21(29)20-7-6-18-4-2-3-5-19(18)15-20/h6-7,14-15H,2-5,8-13,16H2,1H3,(H,25,26,30). The molecular formula is C24H30N4O4. The monoisotopic (exact) mass is 438 g/mol. The summed E-state index contributed by atoms with van der Waals surface area (Å²) in [4.78, 5) is 41.1. The lowest BCUT2D eigenvalue weighted by Crippen LogP contribution is -2.50. The molecule has 2 aromatic rings. The van der Waals surface area contributed by atoms with E-state index >= 15 is 0 Å². The van der Waals surface area contributed by atoms with Crippen LogP contribution in [0.15, 0.2) is 28.8 Å². The SMILES string of the molecule is Cc1cc(NC(=O)CN2CCN(C(=O)CCC(=O)c3ccc4c(c3)CCCC4)CC2)no1. The fourth-order valence-corrected chi connectivity index (χ4v) is 4.40. The molecule has 4 rings (SSSR count). The topological polar surface area (TPSA) is 95.8 Å². The second-order valence-electron chi connectivity index (χ2n) is 8.64. The number of amides is 2. The van der Waals surface area contributed by atoms with E-state index in [9.17, 15) is 14.4 Å². The Morgan fingerprint density at radius 2 is 1.75 bits per heavy atom. The summed E-state index contributed by atoms with van der Waals surface area (Å²) in [5.74, 6) is 0.916. The molecule has 0 saturated carbocycles. The average Bonchev–Trinajstić information content (AvgIpc) is 3.21. The van der Waals surface area contributed by atoms with Crippen molar-refractivity contribution >= 4 is 23.4 Å². The molecule has 8 nitrogen and oxygen atoms in total. The lowest BCUT2D eigenvalue weighted by Gasteiger charge is -2.34. The Bertz CT molecular complexity index is 992. The first-order valence-electron chi connectivity index (χ1n) is 11.4. The number of hydrogen-bond donors (Lipinski definition) is 1. The maximum absolute atomic E-state index is 12.6. The maximum Gasteiger partial charge on any atom is 0.239 e. The molecule has 0 atom stereocenters. The Morgan fingerprint density at radius 3 is 2.47 bits per heavy atom. The van der Waals surface area contributed by atoms with Gasteiger partial charge in [0, 0.05) is 50.7 Å². The zero-order valence-corrected chi connectivity index (χ0v) is 18.6. The number of rotatable bonds is 7. The van der Waals surface area contributed by atoms with Gasteiger partial charge in [-0.15, -0.1) is 0 Å². The lowest BCUT2D eigenvalue weighted by atomic mass is 9.89. The molecule has 0 radical (unpaired) electrons. The number of aromatic nitrogens is 1. The quantitative estimate of drug-likeness (QED) is 0.668. The van der Waals surface area contributed by atoms with E-state index in [4.69, 9.17) is 4.52 Å². The summed E-state index contributed by atoms with van der Waals surface area (Å²) >= 11 is 0. The first-order valence-corrected chi connectivity index (χ1v) is 11.4. The molecule has 1 saturated heterocycles. The van der Waals surface area contributed by atoms with Gasteiger partial charge in [0.15, 0.2) is 11.6 Å². The highest BCUT2D eigenvalue weighted by molar-refractivity contribution is 5.98. The smallest absolute Gasteiger partial charge is 0.239 e. The molecule has 1 aliphatic heterocycles. The number of piperazine rings is 1. The van der Waals surface area contributed by atoms with Crippen LogP contribution in [0.4, 0.5) is 5.82 Å². The number of hydrogen-bond acceptors (Lipinski definition) is 6. The highest BCUT2D eigenvalue weighted by Gasteiger charge is 2.23. The van der Waals surface area contributed by atoms with Crippen molar-refractivity contribution < 1.29 is 18.9 Å². The maximum atomic E-state index is 12.6. The van der Waals surface area contributed by atoms with Crippen LogP contribution in [0, 0.1) is 6.92 Å². The number of nitrogens with zero attached hydrogens (tertiary/aromatic N) is 3. The minimum Gasteiger partial charge on any atom is -0.360 e. The van der Waals surface area contributed by atoms with Crippen LogP contribution >= 0.6 is 0 Å². The van der Waals surface area contributed by atoms with E-state index in [1.165, 1.54) is 24.0 Å². The molecule has 0 spiro atoms. The number of Topliss-reactive ketones (excluding diaryl/α,β-unsaturated/α-hetero) is 1. The van der Waals surface area contributed by atoms with Gasteiger partial charge in [0.05, 0.1) is 6.54 Å². The molecule has 8 heteroatoms. The van der Waals surface area contributed by atoms with Crippen LogP contribution in [0.3, 0.4) is 0 Å². The van der Waals surface area contributed by atoms with Crippen molar-refractivity contribution in [3.63, 3.8) is 0 Å². The van der Waals surface area contributed by atoms with Crippen LogP contribution in [0.1, 0.15) is 52.9 Å². The van der Waals surface area contributed by atoms with Gasteiger partial charge in [-0.05, 0) is 49.8 Å². The van der Waals surface area contributed by atoms with E-state index in [0.29, 0.717) is 37.8 Å². The van der Waals surface area contributed by atoms with Gasteiger partial charge in [0.25, 0.3) is 0 Å². The van der Waals surface area contributed by atoms with Crippen molar-refractivity contribution in [2.75, 3.05) is 38.0 Å². The summed E-state index contributed by atoms with van der Waals surface area (Å²) in [5.41, 5.74) is 3.36. The molecule has 2 aliphatic rings. The van der Waals surface area contributed by atoms with Crippen molar-refractivity contribution in [1.82, 2.24) is 15.0 Å². The minimum atomic E-state index is -0.159. The molecule has 1 fully saturated rings. The largest absolute Gasteiger partial charge is 0.360 e. The van der Waals surface area contributed by atoms with E-state index < -0.39 is 0 Å². The van der Waals surface area contributed by atoms with Gasteiger partial charge < -0.3 is 14.7 Å². The normalized spacial score (nSPS) is 16.5. The van der Waals surface area contributed by atoms with Gasteiger partial charge >= 0.3 is 0 Å². The summed E-state index contributed by atoms with van der Waals surface area (Å²) in [5, 5.41) is 6.46. The number of carbonyl (C=O) groups excluding carboxylic acids is 3. The fraction of sp³-hybridized carbons (Fsp3) is 0.500. The summed E-state index contributed by atoms with van der Waals surface area (Å²) in [6.07, 6.45) is 4.98. The third-order valence-electron chi connectivity index (χ3n) is 6.22. The summed E-state index contributed by atoms with van der Waals surface area (Å²) in [6.45, 7) is 4.36. The first kappa shape index (κ1) is 22.2. The number of carbonyl (C=O) groups is 3. The number of aryl methyl sites for hydroxylation is 3. The summed E-state index contributed by atoms with van der Waals surface area (Å²) in [7, 11) is 0. The van der Waals surface area contributed by atoms with Gasteiger partial charge in [-0.1, -0.05) is 17.3 Å². The van der Waals surface area contributed by atoms with Crippen molar-refractivity contribution in [3.05, 3.63) is 46.7 Å². The predicted molar refractivity (Wildman–Crippen MR) is 120 cm³/mol. The zero-order valence-electron chi connectivity index (χ0n) is 18.6. The molecule has 1 aliphatic carbocycles. The van der Waals surface area contributed by atoms with E-state index in [1.54, 1.807) is 17.9 Å². The predicted octanol–water partition coefficient (Wildman–Crippen LogP) is 2.61. The zero-order chi connectivity index (χ0) is 22.5. The van der Waals surface area contributed by atoms with Crippen LogP contribution in [0.2, 0.25) is 0 Å². The molecule has 2 amide bonds. The highest BCUT2D eigenvalue weighted by atomic mass is 16.5. The molecular weight excluding hydrogens is 408 g/mol. The second-order valence-corrected chi connectivity index (χ2v) is 8.64. The van der Waals surface area contributed by atoms with Crippen molar-refractivity contribution in [2.24, 2.45) is 0 Å². The van der Waals surface area contributed by atoms with E-state index in [-0.39, 0.29) is 37.0 Å². The lowest BCUT2D eigenvalue weighted by molar-refractivity contribution is -0.133. The Balaban J connectivity index is 1.19. The van der Waals surface area contributed by atoms with Crippen LogP contribution in [0.5, 0.6) is 0 Å². The molecule has 32 heavy (non-hydrogen) atoms. The molecule has 2 heterocycles. The number of anilines is 1. The molecule has 1 aromatic heterocycles. The van der Waals surface area contributed by atoms with Gasteiger partial charge in [-0.2, -0.15) is 0 Å². The Morgan fingerprint density at radius 1 is 1.00 bits per heavy atom. The van der Waals surface area contributed by atoms with E-state index in [1.807, 2.05) is 17.0 Å². The molecule has 1 aromatic carbocycles. The molecule has 170 valence electrons. The van der Waals surface area contributed by atoms with Crippen molar-refractivity contribution in [1.29, 1.82) is 0 Å². The number of fused-ring (bicyclic) bond motifs is 1. The molecule has 0 bridgehead atoms. The Kier molecular flexibility index (Phi) is 6.99. The number of benzene rings is 1. The Labute approximate surface area is 187 Å². The third kappa shape index (κ3) is 5.62.